The number of rotatable bonds is 3. The number of carbonyl (C=O) groups is 1. The standard InChI is InChI=1S/C18H20N2O2/c1-2-13-5-6-15(19-12-13)11-18(22)20-9-3-4-14-10-16(21)7-8-17(14)20/h5-8,10,12,21H,2-4,9,11H2,1H3. The molecular weight excluding hydrogens is 276 g/mol. The normalized spacial score (nSPS) is 13.8. The summed E-state index contributed by atoms with van der Waals surface area (Å²) in [6.45, 7) is 2.81. The van der Waals surface area contributed by atoms with Gasteiger partial charge in [-0.1, -0.05) is 13.0 Å². The number of amides is 1. The van der Waals surface area contributed by atoms with E-state index in [0.717, 1.165) is 42.8 Å². The molecule has 0 aliphatic carbocycles. The van der Waals surface area contributed by atoms with Gasteiger partial charge >= 0.3 is 0 Å². The van der Waals surface area contributed by atoms with E-state index in [0.29, 0.717) is 6.42 Å². The van der Waals surface area contributed by atoms with Gasteiger partial charge in [-0.2, -0.15) is 0 Å². The first-order valence-corrected chi connectivity index (χ1v) is 7.73. The van der Waals surface area contributed by atoms with Gasteiger partial charge in [0.2, 0.25) is 5.91 Å². The molecule has 2 heterocycles. The molecule has 1 aliphatic rings. The van der Waals surface area contributed by atoms with Crippen molar-refractivity contribution in [3.05, 3.63) is 53.3 Å². The van der Waals surface area contributed by atoms with Crippen molar-refractivity contribution in [2.45, 2.75) is 32.6 Å². The molecule has 2 aromatic rings. The third kappa shape index (κ3) is 2.96. The zero-order valence-corrected chi connectivity index (χ0v) is 12.7. The van der Waals surface area contributed by atoms with E-state index in [-0.39, 0.29) is 11.7 Å². The first-order valence-electron chi connectivity index (χ1n) is 7.73. The minimum absolute atomic E-state index is 0.0587. The number of nitrogens with zero attached hydrogens (tertiary/aromatic N) is 2. The number of aromatic nitrogens is 1. The number of anilines is 1. The van der Waals surface area contributed by atoms with Gasteiger partial charge in [-0.3, -0.25) is 9.78 Å². The highest BCUT2D eigenvalue weighted by molar-refractivity contribution is 5.95. The average Bonchev–Trinajstić information content (AvgIpc) is 2.54. The van der Waals surface area contributed by atoms with Crippen LogP contribution in [0.5, 0.6) is 5.75 Å². The molecule has 114 valence electrons. The minimum Gasteiger partial charge on any atom is -0.508 e. The van der Waals surface area contributed by atoms with Crippen LogP contribution in [0.1, 0.15) is 30.2 Å². The SMILES string of the molecule is CCc1ccc(CC(=O)N2CCCc3cc(O)ccc32)nc1. The molecule has 1 N–H and O–H groups in total. The van der Waals surface area contributed by atoms with Gasteiger partial charge in [-0.25, -0.2) is 0 Å². The summed E-state index contributed by atoms with van der Waals surface area (Å²) in [5.41, 5.74) is 3.93. The summed E-state index contributed by atoms with van der Waals surface area (Å²) in [5.74, 6) is 0.313. The Labute approximate surface area is 130 Å². The van der Waals surface area contributed by atoms with Crippen molar-refractivity contribution in [1.29, 1.82) is 0 Å². The average molecular weight is 296 g/mol. The second-order valence-corrected chi connectivity index (χ2v) is 5.65. The fraction of sp³-hybridized carbons (Fsp3) is 0.333. The first-order chi connectivity index (χ1) is 10.7. The molecule has 4 heteroatoms. The van der Waals surface area contributed by atoms with Crippen LogP contribution in [0.25, 0.3) is 0 Å². The van der Waals surface area contributed by atoms with Crippen molar-refractivity contribution in [2.24, 2.45) is 0 Å². The molecule has 0 fully saturated rings. The maximum Gasteiger partial charge on any atom is 0.233 e. The number of aromatic hydroxyl groups is 1. The van der Waals surface area contributed by atoms with Crippen molar-refractivity contribution in [2.75, 3.05) is 11.4 Å². The molecule has 0 bridgehead atoms. The lowest BCUT2D eigenvalue weighted by molar-refractivity contribution is -0.118. The number of phenols is 1. The highest BCUT2D eigenvalue weighted by Gasteiger charge is 2.23. The lowest BCUT2D eigenvalue weighted by atomic mass is 10.0. The molecule has 3 rings (SSSR count). The summed E-state index contributed by atoms with van der Waals surface area (Å²) >= 11 is 0. The number of hydrogen-bond acceptors (Lipinski definition) is 3. The molecule has 0 saturated carbocycles. The van der Waals surface area contributed by atoms with E-state index in [4.69, 9.17) is 0 Å². The zero-order chi connectivity index (χ0) is 15.5. The molecule has 0 atom stereocenters. The summed E-state index contributed by atoms with van der Waals surface area (Å²) in [4.78, 5) is 18.8. The summed E-state index contributed by atoms with van der Waals surface area (Å²) in [6, 6.07) is 9.17. The van der Waals surface area contributed by atoms with Crippen LogP contribution in [-0.2, 0) is 24.1 Å². The molecule has 0 spiro atoms. The van der Waals surface area contributed by atoms with Crippen LogP contribution < -0.4 is 4.90 Å². The Hall–Kier alpha value is -2.36. The number of aryl methyl sites for hydroxylation is 2. The number of phenolic OH excluding ortho intramolecular Hbond substituents is 1. The van der Waals surface area contributed by atoms with Crippen LogP contribution in [0.4, 0.5) is 5.69 Å². The van der Waals surface area contributed by atoms with Crippen LogP contribution in [-0.4, -0.2) is 22.5 Å². The Balaban J connectivity index is 1.78. The van der Waals surface area contributed by atoms with Crippen molar-refractivity contribution >= 4 is 11.6 Å². The fourth-order valence-corrected chi connectivity index (χ4v) is 2.86. The fourth-order valence-electron chi connectivity index (χ4n) is 2.86. The van der Waals surface area contributed by atoms with Gasteiger partial charge < -0.3 is 10.0 Å². The molecule has 0 unspecified atom stereocenters. The smallest absolute Gasteiger partial charge is 0.233 e. The van der Waals surface area contributed by atoms with Crippen molar-refractivity contribution in [3.63, 3.8) is 0 Å². The van der Waals surface area contributed by atoms with Gasteiger partial charge in [-0.15, -0.1) is 0 Å². The van der Waals surface area contributed by atoms with E-state index < -0.39 is 0 Å². The quantitative estimate of drug-likeness (QED) is 0.947. The number of benzene rings is 1. The molecule has 22 heavy (non-hydrogen) atoms. The van der Waals surface area contributed by atoms with Gasteiger partial charge in [-0.05, 0) is 54.7 Å². The van der Waals surface area contributed by atoms with E-state index in [1.165, 1.54) is 5.56 Å². The lowest BCUT2D eigenvalue weighted by Gasteiger charge is -2.29. The number of hydrogen-bond donors (Lipinski definition) is 1. The number of carbonyl (C=O) groups excluding carboxylic acids is 1. The third-order valence-corrected chi connectivity index (χ3v) is 4.11. The Morgan fingerprint density at radius 3 is 2.91 bits per heavy atom. The second-order valence-electron chi connectivity index (χ2n) is 5.65. The topological polar surface area (TPSA) is 53.4 Å². The molecule has 0 radical (unpaired) electrons. The Morgan fingerprint density at radius 2 is 2.18 bits per heavy atom. The maximum atomic E-state index is 12.6. The van der Waals surface area contributed by atoms with Gasteiger partial charge in [0.25, 0.3) is 0 Å². The van der Waals surface area contributed by atoms with Gasteiger partial charge in [0.1, 0.15) is 5.75 Å². The van der Waals surface area contributed by atoms with Gasteiger partial charge in [0, 0.05) is 24.1 Å². The van der Waals surface area contributed by atoms with E-state index in [1.54, 1.807) is 12.1 Å². The van der Waals surface area contributed by atoms with E-state index in [2.05, 4.69) is 11.9 Å². The Bertz CT molecular complexity index is 680. The highest BCUT2D eigenvalue weighted by atomic mass is 16.3. The van der Waals surface area contributed by atoms with Gasteiger partial charge in [0.05, 0.1) is 6.42 Å². The zero-order valence-electron chi connectivity index (χ0n) is 12.7. The molecule has 0 saturated heterocycles. The molecule has 1 aromatic heterocycles. The highest BCUT2D eigenvalue weighted by Crippen LogP contribution is 2.30. The summed E-state index contributed by atoms with van der Waals surface area (Å²) in [6.07, 6.45) is 4.92. The monoisotopic (exact) mass is 296 g/mol. The van der Waals surface area contributed by atoms with Crippen LogP contribution >= 0.6 is 0 Å². The molecule has 4 nitrogen and oxygen atoms in total. The summed E-state index contributed by atoms with van der Waals surface area (Å²) in [7, 11) is 0. The van der Waals surface area contributed by atoms with Crippen LogP contribution in [0.2, 0.25) is 0 Å². The van der Waals surface area contributed by atoms with Crippen molar-refractivity contribution < 1.29 is 9.90 Å². The Morgan fingerprint density at radius 1 is 1.32 bits per heavy atom. The predicted molar refractivity (Wildman–Crippen MR) is 86.1 cm³/mol. The minimum atomic E-state index is 0.0587. The Kier molecular flexibility index (Phi) is 4.09. The summed E-state index contributed by atoms with van der Waals surface area (Å²) in [5, 5.41) is 9.58. The molecule has 1 aliphatic heterocycles. The van der Waals surface area contributed by atoms with Crippen LogP contribution in [0, 0.1) is 0 Å². The third-order valence-electron chi connectivity index (χ3n) is 4.11. The summed E-state index contributed by atoms with van der Waals surface area (Å²) < 4.78 is 0. The van der Waals surface area contributed by atoms with Crippen LogP contribution in [0.3, 0.4) is 0 Å². The van der Waals surface area contributed by atoms with Gasteiger partial charge in [0.15, 0.2) is 0 Å². The largest absolute Gasteiger partial charge is 0.508 e. The van der Waals surface area contributed by atoms with E-state index in [1.807, 2.05) is 29.3 Å². The molecule has 1 amide bonds. The lowest BCUT2D eigenvalue weighted by Crippen LogP contribution is -2.36. The number of pyridine rings is 1. The van der Waals surface area contributed by atoms with E-state index >= 15 is 0 Å². The predicted octanol–water partition coefficient (Wildman–Crippen LogP) is 2.87. The maximum absolute atomic E-state index is 12.6. The van der Waals surface area contributed by atoms with Crippen molar-refractivity contribution in [1.82, 2.24) is 4.98 Å². The number of fused-ring (bicyclic) bond motifs is 1. The molecular formula is C18H20N2O2. The second kappa shape index (κ2) is 6.18. The van der Waals surface area contributed by atoms with Crippen molar-refractivity contribution in [3.8, 4) is 5.75 Å². The molecule has 1 aromatic carbocycles. The van der Waals surface area contributed by atoms with E-state index in [9.17, 15) is 9.90 Å². The first kappa shape index (κ1) is 14.6. The van der Waals surface area contributed by atoms with Crippen LogP contribution in [0.15, 0.2) is 36.5 Å².